The highest BCUT2D eigenvalue weighted by molar-refractivity contribution is 6.03. The average molecular weight is 334 g/mol. The van der Waals surface area contributed by atoms with Gasteiger partial charge in [0.25, 0.3) is 5.91 Å². The van der Waals surface area contributed by atoms with Crippen molar-refractivity contribution in [3.05, 3.63) is 71.9 Å². The molecule has 0 aliphatic rings. The second kappa shape index (κ2) is 7.55. The molecule has 0 unspecified atom stereocenters. The van der Waals surface area contributed by atoms with E-state index in [2.05, 4.69) is 15.6 Å². The molecule has 6 heteroatoms. The van der Waals surface area contributed by atoms with Gasteiger partial charge >= 0.3 is 0 Å². The Hall–Kier alpha value is -3.25. The molecule has 0 saturated heterocycles. The van der Waals surface area contributed by atoms with Crippen LogP contribution < -0.4 is 16.4 Å². The Labute approximate surface area is 145 Å². The number of pyridine rings is 1. The Balaban J connectivity index is 1.61. The second-order valence-electron chi connectivity index (χ2n) is 5.51. The quantitative estimate of drug-likeness (QED) is 0.665. The third kappa shape index (κ3) is 3.99. The zero-order valence-corrected chi connectivity index (χ0v) is 13.5. The number of amides is 2. The van der Waals surface area contributed by atoms with Crippen LogP contribution in [-0.2, 0) is 11.3 Å². The van der Waals surface area contributed by atoms with Crippen LogP contribution in [0, 0.1) is 0 Å². The highest BCUT2D eigenvalue weighted by atomic mass is 16.2. The van der Waals surface area contributed by atoms with Gasteiger partial charge < -0.3 is 16.4 Å². The standard InChI is InChI=1S/C19H18N4O2/c20-11-13-6-8-14(9-7-13)19(25)22-12-18(24)23-17-5-1-4-16-15(17)3-2-10-21-16/h1-10H,11-12,20H2,(H,22,25)(H,23,24). The Morgan fingerprint density at radius 1 is 1.00 bits per heavy atom. The number of nitrogens with one attached hydrogen (secondary N) is 2. The number of rotatable bonds is 5. The molecule has 0 saturated carbocycles. The van der Waals surface area contributed by atoms with E-state index in [9.17, 15) is 9.59 Å². The number of fused-ring (bicyclic) bond motifs is 1. The lowest BCUT2D eigenvalue weighted by atomic mass is 10.1. The zero-order valence-electron chi connectivity index (χ0n) is 13.5. The number of carbonyl (C=O) groups is 2. The van der Waals surface area contributed by atoms with Crippen molar-refractivity contribution < 1.29 is 9.59 Å². The molecule has 3 aromatic rings. The number of benzene rings is 2. The van der Waals surface area contributed by atoms with E-state index >= 15 is 0 Å². The van der Waals surface area contributed by atoms with Crippen LogP contribution in [0.4, 0.5) is 5.69 Å². The van der Waals surface area contributed by atoms with E-state index < -0.39 is 0 Å². The smallest absolute Gasteiger partial charge is 0.251 e. The van der Waals surface area contributed by atoms with Crippen LogP contribution in [0.5, 0.6) is 0 Å². The van der Waals surface area contributed by atoms with Crippen molar-refractivity contribution in [1.82, 2.24) is 10.3 Å². The predicted octanol–water partition coefficient (Wildman–Crippen LogP) is 2.06. The first-order valence-corrected chi connectivity index (χ1v) is 7.88. The maximum atomic E-state index is 12.1. The molecule has 6 nitrogen and oxygen atoms in total. The van der Waals surface area contributed by atoms with Gasteiger partial charge in [-0.05, 0) is 42.0 Å². The number of nitrogens with zero attached hydrogens (tertiary/aromatic N) is 1. The maximum Gasteiger partial charge on any atom is 0.251 e. The summed E-state index contributed by atoms with van der Waals surface area (Å²) in [6.07, 6.45) is 1.70. The number of anilines is 1. The second-order valence-corrected chi connectivity index (χ2v) is 5.51. The molecule has 0 radical (unpaired) electrons. The van der Waals surface area contributed by atoms with Crippen molar-refractivity contribution in [3.8, 4) is 0 Å². The minimum atomic E-state index is -0.307. The van der Waals surface area contributed by atoms with E-state index in [1.807, 2.05) is 24.3 Å². The first kappa shape index (κ1) is 16.6. The van der Waals surface area contributed by atoms with Crippen molar-refractivity contribution in [3.63, 3.8) is 0 Å². The molecule has 0 atom stereocenters. The molecule has 2 aromatic carbocycles. The van der Waals surface area contributed by atoms with Gasteiger partial charge in [0.05, 0.1) is 17.7 Å². The summed E-state index contributed by atoms with van der Waals surface area (Å²) >= 11 is 0. The fraction of sp³-hybridized carbons (Fsp3) is 0.105. The molecule has 0 bridgehead atoms. The van der Waals surface area contributed by atoms with Gasteiger partial charge in [0.2, 0.25) is 5.91 Å². The summed E-state index contributed by atoms with van der Waals surface area (Å²) in [5.74, 6) is -0.610. The van der Waals surface area contributed by atoms with Crippen LogP contribution >= 0.6 is 0 Å². The van der Waals surface area contributed by atoms with Crippen LogP contribution in [0.3, 0.4) is 0 Å². The zero-order chi connectivity index (χ0) is 17.6. The largest absolute Gasteiger partial charge is 0.343 e. The highest BCUT2D eigenvalue weighted by Crippen LogP contribution is 2.20. The van der Waals surface area contributed by atoms with Gasteiger partial charge in [-0.2, -0.15) is 0 Å². The molecule has 1 aromatic heterocycles. The Kier molecular flexibility index (Phi) is 5.01. The van der Waals surface area contributed by atoms with Crippen molar-refractivity contribution in [2.24, 2.45) is 5.73 Å². The van der Waals surface area contributed by atoms with Gasteiger partial charge in [-0.1, -0.05) is 18.2 Å². The number of hydrogen-bond donors (Lipinski definition) is 3. The van der Waals surface area contributed by atoms with Crippen molar-refractivity contribution in [2.45, 2.75) is 6.54 Å². The monoisotopic (exact) mass is 334 g/mol. The topological polar surface area (TPSA) is 97.1 Å². The van der Waals surface area contributed by atoms with Crippen molar-refractivity contribution in [1.29, 1.82) is 0 Å². The lowest BCUT2D eigenvalue weighted by Crippen LogP contribution is -2.32. The molecule has 0 aliphatic carbocycles. The number of carbonyl (C=O) groups excluding carboxylic acids is 2. The van der Waals surface area contributed by atoms with Crippen LogP contribution in [-0.4, -0.2) is 23.3 Å². The maximum absolute atomic E-state index is 12.1. The van der Waals surface area contributed by atoms with Gasteiger partial charge in [0.15, 0.2) is 0 Å². The van der Waals surface area contributed by atoms with E-state index in [-0.39, 0.29) is 18.4 Å². The minimum absolute atomic E-state index is 0.117. The van der Waals surface area contributed by atoms with Gasteiger partial charge in [0.1, 0.15) is 0 Å². The summed E-state index contributed by atoms with van der Waals surface area (Å²) in [4.78, 5) is 28.5. The van der Waals surface area contributed by atoms with Crippen LogP contribution in [0.15, 0.2) is 60.8 Å². The summed E-state index contributed by atoms with van der Waals surface area (Å²) in [6.45, 7) is 0.304. The summed E-state index contributed by atoms with van der Waals surface area (Å²) < 4.78 is 0. The van der Waals surface area contributed by atoms with Gasteiger partial charge in [0, 0.05) is 23.7 Å². The molecule has 0 fully saturated rings. The Morgan fingerprint density at radius 3 is 2.56 bits per heavy atom. The fourth-order valence-electron chi connectivity index (χ4n) is 2.46. The summed E-state index contributed by atoms with van der Waals surface area (Å²) in [7, 11) is 0. The fourth-order valence-corrected chi connectivity index (χ4v) is 2.46. The molecule has 0 spiro atoms. The number of aromatic nitrogens is 1. The Morgan fingerprint density at radius 2 is 1.80 bits per heavy atom. The van der Waals surface area contributed by atoms with E-state index in [1.165, 1.54) is 0 Å². The molecule has 2 amide bonds. The number of hydrogen-bond acceptors (Lipinski definition) is 4. The third-order valence-electron chi connectivity index (χ3n) is 3.78. The molecule has 3 rings (SSSR count). The van der Waals surface area contributed by atoms with Crippen molar-refractivity contribution >= 4 is 28.4 Å². The lowest BCUT2D eigenvalue weighted by Gasteiger charge is -2.09. The van der Waals surface area contributed by atoms with Gasteiger partial charge in [-0.3, -0.25) is 14.6 Å². The number of nitrogens with two attached hydrogens (primary N) is 1. The predicted molar refractivity (Wildman–Crippen MR) is 97.0 cm³/mol. The molecular formula is C19H18N4O2. The highest BCUT2D eigenvalue weighted by Gasteiger charge is 2.09. The van der Waals surface area contributed by atoms with E-state index in [1.54, 1.807) is 36.5 Å². The summed E-state index contributed by atoms with van der Waals surface area (Å²) in [5.41, 5.74) is 8.42. The molecular weight excluding hydrogens is 316 g/mol. The SMILES string of the molecule is NCc1ccc(C(=O)NCC(=O)Nc2cccc3ncccc23)cc1. The van der Waals surface area contributed by atoms with Crippen LogP contribution in [0.2, 0.25) is 0 Å². The molecule has 126 valence electrons. The first-order chi connectivity index (χ1) is 12.2. The van der Waals surface area contributed by atoms with E-state index in [0.29, 0.717) is 17.8 Å². The first-order valence-electron chi connectivity index (χ1n) is 7.88. The average Bonchev–Trinajstić information content (AvgIpc) is 2.66. The summed E-state index contributed by atoms with van der Waals surface area (Å²) in [6, 6.07) is 16.1. The van der Waals surface area contributed by atoms with E-state index in [0.717, 1.165) is 16.5 Å². The minimum Gasteiger partial charge on any atom is -0.343 e. The molecule has 1 heterocycles. The lowest BCUT2D eigenvalue weighted by molar-refractivity contribution is -0.115. The van der Waals surface area contributed by atoms with Crippen LogP contribution in [0.25, 0.3) is 10.9 Å². The summed E-state index contributed by atoms with van der Waals surface area (Å²) in [5, 5.41) is 6.26. The van der Waals surface area contributed by atoms with Crippen molar-refractivity contribution in [2.75, 3.05) is 11.9 Å². The van der Waals surface area contributed by atoms with Gasteiger partial charge in [-0.25, -0.2) is 0 Å². The third-order valence-corrected chi connectivity index (χ3v) is 3.78. The molecule has 4 N–H and O–H groups in total. The normalized spacial score (nSPS) is 10.4. The molecule has 0 aliphatic heterocycles. The molecule has 25 heavy (non-hydrogen) atoms. The Bertz CT molecular complexity index is 901. The van der Waals surface area contributed by atoms with Gasteiger partial charge in [-0.15, -0.1) is 0 Å². The van der Waals surface area contributed by atoms with Crippen LogP contribution in [0.1, 0.15) is 15.9 Å². The van der Waals surface area contributed by atoms with E-state index in [4.69, 9.17) is 5.73 Å².